The first-order valence-electron chi connectivity index (χ1n) is 4.19. The van der Waals surface area contributed by atoms with Gasteiger partial charge in [0.25, 0.3) is 0 Å². The van der Waals surface area contributed by atoms with Gasteiger partial charge in [-0.05, 0) is 18.9 Å². The van der Waals surface area contributed by atoms with Crippen LogP contribution in [0.4, 0.5) is 0 Å². The van der Waals surface area contributed by atoms with E-state index in [1.54, 1.807) is 0 Å². The van der Waals surface area contributed by atoms with E-state index in [-0.39, 0.29) is 0 Å². The Balaban J connectivity index is 2.19. The molecule has 3 aliphatic heterocycles. The van der Waals surface area contributed by atoms with Crippen LogP contribution in [-0.2, 0) is 4.79 Å². The summed E-state index contributed by atoms with van der Waals surface area (Å²) in [5.74, 6) is 1.16. The van der Waals surface area contributed by atoms with Gasteiger partial charge < -0.3 is 0 Å². The molecule has 0 radical (unpaired) electrons. The SMILES string of the molecule is C=CC1CN2CCC1C(=O)C2. The van der Waals surface area contributed by atoms with Gasteiger partial charge >= 0.3 is 0 Å². The molecule has 60 valence electrons. The smallest absolute Gasteiger partial charge is 0.150 e. The Bertz CT molecular complexity index is 200. The Morgan fingerprint density at radius 1 is 1.64 bits per heavy atom. The van der Waals surface area contributed by atoms with Gasteiger partial charge in [0.05, 0.1) is 6.54 Å². The molecule has 0 N–H and O–H groups in total. The number of rotatable bonds is 1. The molecule has 0 aromatic heterocycles. The van der Waals surface area contributed by atoms with Crippen LogP contribution in [0.3, 0.4) is 0 Å². The van der Waals surface area contributed by atoms with E-state index in [9.17, 15) is 4.79 Å². The number of carbonyl (C=O) groups excluding carboxylic acids is 1. The zero-order valence-electron chi connectivity index (χ0n) is 6.62. The van der Waals surface area contributed by atoms with Crippen molar-refractivity contribution in [3.8, 4) is 0 Å². The van der Waals surface area contributed by atoms with E-state index < -0.39 is 0 Å². The molecule has 0 saturated carbocycles. The third-order valence-corrected chi connectivity index (χ3v) is 2.84. The summed E-state index contributed by atoms with van der Waals surface area (Å²) in [7, 11) is 0. The molecule has 0 amide bonds. The molecular formula is C9H13NO. The van der Waals surface area contributed by atoms with Crippen LogP contribution in [0.5, 0.6) is 0 Å². The molecule has 0 aromatic carbocycles. The molecule has 3 atom stereocenters. The fraction of sp³-hybridized carbons (Fsp3) is 0.667. The molecule has 3 rings (SSSR count). The second-order valence-electron chi connectivity index (χ2n) is 3.50. The highest BCUT2D eigenvalue weighted by molar-refractivity contribution is 5.85. The summed E-state index contributed by atoms with van der Waals surface area (Å²) in [6, 6.07) is 0. The summed E-state index contributed by atoms with van der Waals surface area (Å²) in [6.45, 7) is 6.62. The number of Topliss-reactive ketones (excluding diaryl/α,β-unsaturated/α-hetero) is 1. The first-order chi connectivity index (χ1) is 5.31. The summed E-state index contributed by atoms with van der Waals surface area (Å²) in [6.07, 6.45) is 2.99. The molecule has 2 nitrogen and oxygen atoms in total. The molecule has 11 heavy (non-hydrogen) atoms. The summed E-state index contributed by atoms with van der Waals surface area (Å²) in [5.41, 5.74) is 0. The molecule has 2 heteroatoms. The van der Waals surface area contributed by atoms with Gasteiger partial charge in [-0.1, -0.05) is 6.08 Å². The molecule has 0 aliphatic carbocycles. The zero-order chi connectivity index (χ0) is 7.84. The minimum Gasteiger partial charge on any atom is -0.298 e. The third kappa shape index (κ3) is 1.02. The van der Waals surface area contributed by atoms with Gasteiger partial charge in [0, 0.05) is 12.5 Å². The number of carbonyl (C=O) groups is 1. The van der Waals surface area contributed by atoms with Crippen molar-refractivity contribution in [2.75, 3.05) is 19.6 Å². The van der Waals surface area contributed by atoms with E-state index >= 15 is 0 Å². The third-order valence-electron chi connectivity index (χ3n) is 2.84. The number of hydrogen-bond acceptors (Lipinski definition) is 2. The van der Waals surface area contributed by atoms with Crippen molar-refractivity contribution in [3.63, 3.8) is 0 Å². The molecule has 3 aliphatic rings. The van der Waals surface area contributed by atoms with E-state index in [0.717, 1.165) is 19.5 Å². The van der Waals surface area contributed by atoms with Gasteiger partial charge in [-0.2, -0.15) is 0 Å². The highest BCUT2D eigenvalue weighted by Crippen LogP contribution is 2.30. The van der Waals surface area contributed by atoms with Crippen molar-refractivity contribution in [1.29, 1.82) is 0 Å². The maximum atomic E-state index is 11.3. The lowest BCUT2D eigenvalue weighted by Crippen LogP contribution is -2.52. The van der Waals surface area contributed by atoms with Crippen molar-refractivity contribution in [1.82, 2.24) is 4.90 Å². The maximum Gasteiger partial charge on any atom is 0.150 e. The van der Waals surface area contributed by atoms with Crippen LogP contribution in [-0.4, -0.2) is 30.3 Å². The van der Waals surface area contributed by atoms with Crippen molar-refractivity contribution < 1.29 is 4.79 Å². The largest absolute Gasteiger partial charge is 0.298 e. The van der Waals surface area contributed by atoms with Gasteiger partial charge in [0.1, 0.15) is 0 Å². The monoisotopic (exact) mass is 151 g/mol. The second-order valence-corrected chi connectivity index (χ2v) is 3.50. The number of hydrogen-bond donors (Lipinski definition) is 0. The number of ketones is 1. The number of fused-ring (bicyclic) bond motifs is 3. The molecule has 0 aromatic rings. The predicted molar refractivity (Wildman–Crippen MR) is 43.2 cm³/mol. The van der Waals surface area contributed by atoms with Crippen LogP contribution >= 0.6 is 0 Å². The van der Waals surface area contributed by atoms with Crippen LogP contribution in [0.25, 0.3) is 0 Å². The van der Waals surface area contributed by atoms with E-state index in [4.69, 9.17) is 0 Å². The first kappa shape index (κ1) is 7.04. The zero-order valence-corrected chi connectivity index (χ0v) is 6.62. The highest BCUT2D eigenvalue weighted by atomic mass is 16.1. The Labute approximate surface area is 66.9 Å². The molecular weight excluding hydrogens is 138 g/mol. The van der Waals surface area contributed by atoms with Gasteiger partial charge in [-0.3, -0.25) is 9.69 Å². The van der Waals surface area contributed by atoms with Gasteiger partial charge in [-0.25, -0.2) is 0 Å². The minimum atomic E-state index is 0.303. The Morgan fingerprint density at radius 3 is 2.91 bits per heavy atom. The normalized spacial score (nSPS) is 42.5. The second kappa shape index (κ2) is 2.45. The van der Waals surface area contributed by atoms with Crippen molar-refractivity contribution in [3.05, 3.63) is 12.7 Å². The lowest BCUT2D eigenvalue weighted by atomic mass is 9.78. The molecule has 2 bridgehead atoms. The van der Waals surface area contributed by atoms with E-state index in [1.165, 1.54) is 0 Å². The minimum absolute atomic E-state index is 0.303. The van der Waals surface area contributed by atoms with E-state index in [0.29, 0.717) is 24.2 Å². The fourth-order valence-electron chi connectivity index (χ4n) is 2.17. The van der Waals surface area contributed by atoms with Gasteiger partial charge in [-0.15, -0.1) is 6.58 Å². The van der Waals surface area contributed by atoms with E-state index in [2.05, 4.69) is 11.5 Å². The van der Waals surface area contributed by atoms with Crippen molar-refractivity contribution >= 4 is 5.78 Å². The fourth-order valence-corrected chi connectivity index (χ4v) is 2.17. The number of piperidine rings is 3. The average Bonchev–Trinajstić information content (AvgIpc) is 2.04. The van der Waals surface area contributed by atoms with Crippen LogP contribution in [0.2, 0.25) is 0 Å². The lowest BCUT2D eigenvalue weighted by Gasteiger charge is -2.42. The Kier molecular flexibility index (Phi) is 1.57. The molecule has 3 saturated heterocycles. The Morgan fingerprint density at radius 2 is 2.45 bits per heavy atom. The van der Waals surface area contributed by atoms with Gasteiger partial charge in [0.15, 0.2) is 5.78 Å². The highest BCUT2D eigenvalue weighted by Gasteiger charge is 2.38. The van der Waals surface area contributed by atoms with Crippen molar-refractivity contribution in [2.45, 2.75) is 6.42 Å². The predicted octanol–water partition coefficient (Wildman–Crippen LogP) is 0.693. The summed E-state index contributed by atoms with van der Waals surface area (Å²) in [5, 5.41) is 0. The van der Waals surface area contributed by atoms with Crippen LogP contribution < -0.4 is 0 Å². The van der Waals surface area contributed by atoms with Crippen LogP contribution in [0, 0.1) is 11.8 Å². The maximum absolute atomic E-state index is 11.3. The van der Waals surface area contributed by atoms with Crippen LogP contribution in [0.1, 0.15) is 6.42 Å². The van der Waals surface area contributed by atoms with Crippen molar-refractivity contribution in [2.24, 2.45) is 11.8 Å². The van der Waals surface area contributed by atoms with Crippen LogP contribution in [0.15, 0.2) is 12.7 Å². The summed E-state index contributed by atoms with van der Waals surface area (Å²) < 4.78 is 0. The van der Waals surface area contributed by atoms with E-state index in [1.807, 2.05) is 6.08 Å². The summed E-state index contributed by atoms with van der Waals surface area (Å²) in [4.78, 5) is 13.6. The molecule has 3 fully saturated rings. The first-order valence-corrected chi connectivity index (χ1v) is 4.19. The molecule has 0 spiro atoms. The quantitative estimate of drug-likeness (QED) is 0.514. The lowest BCUT2D eigenvalue weighted by molar-refractivity contribution is -0.132. The standard InChI is InChI=1S/C9H13NO/c1-2-7-5-10-4-3-8(7)9(11)6-10/h2,7-8H,1,3-6H2. The average molecular weight is 151 g/mol. The molecule has 3 heterocycles. The topological polar surface area (TPSA) is 20.3 Å². The number of nitrogens with zero attached hydrogens (tertiary/aromatic N) is 1. The van der Waals surface area contributed by atoms with Gasteiger partial charge in [0.2, 0.25) is 0 Å². The molecule has 3 unspecified atom stereocenters. The Hall–Kier alpha value is -0.630. The summed E-state index contributed by atoms with van der Waals surface area (Å²) >= 11 is 0.